The van der Waals surface area contributed by atoms with Crippen molar-refractivity contribution in [3.8, 4) is 0 Å². The predicted octanol–water partition coefficient (Wildman–Crippen LogP) is 2.90. The fourth-order valence-corrected chi connectivity index (χ4v) is 4.38. The second kappa shape index (κ2) is 8.34. The Morgan fingerprint density at radius 1 is 1.00 bits per heavy atom. The first-order chi connectivity index (χ1) is 13.6. The van der Waals surface area contributed by atoms with Gasteiger partial charge in [-0.1, -0.05) is 0 Å². The minimum absolute atomic E-state index is 0.0517. The molecule has 4 nitrogen and oxygen atoms in total. The monoisotopic (exact) mass is 439 g/mol. The third-order valence-corrected chi connectivity index (χ3v) is 6.52. The van der Waals surface area contributed by atoms with E-state index >= 15 is 0 Å². The van der Waals surface area contributed by atoms with Crippen LogP contribution < -0.4 is 4.90 Å². The van der Waals surface area contributed by atoms with Crippen LogP contribution >= 0.6 is 0 Å². The number of amides is 1. The summed E-state index contributed by atoms with van der Waals surface area (Å²) in [5.74, 6) is 0.0517. The second-order valence-corrected chi connectivity index (χ2v) is 8.12. The molecular weight excluding hydrogens is 413 g/mol. The molecule has 0 N–H and O–H groups in total. The number of likely N-dealkylation sites (N-methyl/N-ethyl adjacent to an activating group) is 1. The number of anilines is 1. The van der Waals surface area contributed by atoms with E-state index in [0.29, 0.717) is 12.2 Å². The van der Waals surface area contributed by atoms with Gasteiger partial charge in [-0.25, -0.2) is 0 Å². The van der Waals surface area contributed by atoms with Crippen LogP contribution in [-0.2, 0) is 11.2 Å². The third-order valence-electron chi connectivity index (χ3n) is 5.48. The van der Waals surface area contributed by atoms with Crippen molar-refractivity contribution in [3.63, 3.8) is 0 Å². The summed E-state index contributed by atoms with van der Waals surface area (Å²) < 4.78 is 0.862. The summed E-state index contributed by atoms with van der Waals surface area (Å²) in [4.78, 5) is 19.2. The maximum absolute atomic E-state index is 13.0. The van der Waals surface area contributed by atoms with Gasteiger partial charge >= 0.3 is 175 Å². The summed E-state index contributed by atoms with van der Waals surface area (Å²) in [7, 11) is 1.94. The van der Waals surface area contributed by atoms with Gasteiger partial charge in [0.05, 0.1) is 0 Å². The summed E-state index contributed by atoms with van der Waals surface area (Å²) in [5, 5.41) is 0. The van der Waals surface area contributed by atoms with Gasteiger partial charge in [0, 0.05) is 0 Å². The molecule has 4 rings (SSSR count). The number of rotatable bonds is 5. The summed E-state index contributed by atoms with van der Waals surface area (Å²) >= 11 is 3.07. The van der Waals surface area contributed by atoms with Gasteiger partial charge in [-0.15, -0.1) is 0 Å². The molecule has 0 aliphatic carbocycles. The quantitative estimate of drug-likeness (QED) is 0.531. The Bertz CT molecular complexity index is 886. The van der Waals surface area contributed by atoms with Crippen LogP contribution in [-0.4, -0.2) is 62.6 Å². The van der Waals surface area contributed by atoms with Crippen molar-refractivity contribution in [2.24, 2.45) is 0 Å². The van der Waals surface area contributed by atoms with Crippen molar-refractivity contribution in [3.05, 3.63) is 71.4 Å². The molecule has 2 aromatic rings. The third kappa shape index (κ3) is 3.91. The van der Waals surface area contributed by atoms with Crippen molar-refractivity contribution >= 4 is 37.9 Å². The fourth-order valence-electron chi connectivity index (χ4n) is 3.81. The average molecular weight is 438 g/mol. The van der Waals surface area contributed by atoms with E-state index in [0.717, 1.165) is 29.7 Å². The Morgan fingerprint density at radius 3 is 2.36 bits per heavy atom. The topological polar surface area (TPSA) is 26.8 Å². The summed E-state index contributed by atoms with van der Waals surface area (Å²) in [6, 6.07) is 18.8. The Labute approximate surface area is 174 Å². The van der Waals surface area contributed by atoms with E-state index in [1.165, 1.54) is 24.1 Å². The van der Waals surface area contributed by atoms with Crippen LogP contribution in [0.4, 0.5) is 5.69 Å². The molecule has 0 aromatic heterocycles. The zero-order valence-corrected chi connectivity index (χ0v) is 17.9. The van der Waals surface area contributed by atoms with Crippen LogP contribution in [0.3, 0.4) is 0 Å². The Kier molecular flexibility index (Phi) is 5.65. The summed E-state index contributed by atoms with van der Waals surface area (Å²) in [5.41, 5.74) is 4.26. The number of carbonyl (C=O) groups excluding carboxylic acids is 1. The van der Waals surface area contributed by atoms with E-state index in [9.17, 15) is 4.79 Å². The van der Waals surface area contributed by atoms with Gasteiger partial charge in [-0.3, -0.25) is 0 Å². The van der Waals surface area contributed by atoms with Crippen molar-refractivity contribution in [2.45, 2.75) is 19.3 Å². The van der Waals surface area contributed by atoms with Crippen LogP contribution in [0.2, 0.25) is 0 Å². The molecule has 1 amide bonds. The molecule has 0 bridgehead atoms. The molecule has 0 unspecified atom stereocenters. The van der Waals surface area contributed by atoms with Gasteiger partial charge in [0.15, 0.2) is 0 Å². The minimum atomic E-state index is 0.0517. The molecular formula is C23H25N3OSe. The Balaban J connectivity index is 1.47. The van der Waals surface area contributed by atoms with E-state index in [2.05, 4.69) is 56.9 Å². The zero-order chi connectivity index (χ0) is 19.5. The molecule has 2 heterocycles. The van der Waals surface area contributed by atoms with Gasteiger partial charge < -0.3 is 0 Å². The Morgan fingerprint density at radius 2 is 1.68 bits per heavy atom. The first-order valence-corrected chi connectivity index (χ1v) is 10.7. The molecule has 0 atom stereocenters. The molecule has 0 saturated carbocycles. The maximum atomic E-state index is 13.0. The molecule has 2 aromatic carbocycles. The zero-order valence-electron chi connectivity index (χ0n) is 16.2. The number of carbonyl (C=O) groups is 1. The van der Waals surface area contributed by atoms with Crippen LogP contribution in [0.5, 0.6) is 0 Å². The second-order valence-electron chi connectivity index (χ2n) is 7.35. The fraction of sp³-hybridized carbons (Fsp3) is 0.304. The molecule has 144 valence electrons. The Hall–Kier alpha value is -2.36. The average Bonchev–Trinajstić information content (AvgIpc) is 3.33. The first-order valence-electron chi connectivity index (χ1n) is 9.84. The van der Waals surface area contributed by atoms with E-state index in [1.54, 1.807) is 0 Å². The van der Waals surface area contributed by atoms with Crippen molar-refractivity contribution in [1.82, 2.24) is 9.80 Å². The summed E-state index contributed by atoms with van der Waals surface area (Å²) in [6.45, 7) is 2.95. The van der Waals surface area contributed by atoms with Crippen LogP contribution in [0.25, 0.3) is 6.08 Å². The molecule has 0 spiro atoms. The van der Waals surface area contributed by atoms with E-state index in [4.69, 9.17) is 0 Å². The number of nitrogens with zero attached hydrogens (tertiary/aromatic N) is 3. The predicted molar refractivity (Wildman–Crippen MR) is 116 cm³/mol. The summed E-state index contributed by atoms with van der Waals surface area (Å²) in [6.07, 6.45) is 5.37. The number of benzene rings is 2. The van der Waals surface area contributed by atoms with Gasteiger partial charge in [0.1, 0.15) is 0 Å². The van der Waals surface area contributed by atoms with Crippen molar-refractivity contribution < 1.29 is 4.79 Å². The molecule has 0 radical (unpaired) electrons. The molecule has 2 fully saturated rings. The van der Waals surface area contributed by atoms with Crippen LogP contribution in [0, 0.1) is 0 Å². The molecule has 5 heteroatoms. The SMILES string of the molecule is CN1C(=[Se])N(CCc2ccccc2)C(=O)C1=Cc1ccc(N2CCCC2)cc1. The van der Waals surface area contributed by atoms with E-state index < -0.39 is 0 Å². The molecule has 28 heavy (non-hydrogen) atoms. The van der Waals surface area contributed by atoms with Gasteiger partial charge in [-0.05, 0) is 0 Å². The van der Waals surface area contributed by atoms with Crippen molar-refractivity contribution in [1.29, 1.82) is 0 Å². The van der Waals surface area contributed by atoms with Gasteiger partial charge in [-0.2, -0.15) is 0 Å². The van der Waals surface area contributed by atoms with E-state index in [-0.39, 0.29) is 5.91 Å². The van der Waals surface area contributed by atoms with Crippen molar-refractivity contribution in [2.75, 3.05) is 31.6 Å². The van der Waals surface area contributed by atoms with E-state index in [1.807, 2.05) is 41.1 Å². The first kappa shape index (κ1) is 19.0. The molecule has 2 aliphatic rings. The van der Waals surface area contributed by atoms with Crippen LogP contribution in [0.1, 0.15) is 24.0 Å². The normalized spacial score (nSPS) is 18.6. The van der Waals surface area contributed by atoms with Gasteiger partial charge in [0.2, 0.25) is 0 Å². The number of hydrogen-bond acceptors (Lipinski definition) is 3. The molecule has 2 saturated heterocycles. The molecule has 2 aliphatic heterocycles. The standard InChI is InChI=1S/C23H25N3OSe/c1-24-21(17-19-9-11-20(12-10-19)25-14-5-6-15-25)22(27)26(23(24)28)16-13-18-7-3-2-4-8-18/h2-4,7-12,17H,5-6,13-16H2,1H3. The van der Waals surface area contributed by atoms with Crippen LogP contribution in [0.15, 0.2) is 60.3 Å². The van der Waals surface area contributed by atoms with Gasteiger partial charge in [0.25, 0.3) is 0 Å². The number of hydrogen-bond donors (Lipinski definition) is 0.